The molecule has 1 aromatic carbocycles. The van der Waals surface area contributed by atoms with Gasteiger partial charge in [-0.1, -0.05) is 32.4 Å². The van der Waals surface area contributed by atoms with E-state index in [1.807, 2.05) is 24.3 Å². The number of rotatable bonds is 9. The topological polar surface area (TPSA) is 95.1 Å². The fourth-order valence-electron chi connectivity index (χ4n) is 2.64. The van der Waals surface area contributed by atoms with Crippen molar-refractivity contribution in [3.8, 4) is 0 Å². The monoisotopic (exact) mass is 331 g/mol. The molecular weight excluding hydrogens is 306 g/mol. The largest absolute Gasteiger partial charge is 0.481 e. The standard InChI is InChI=1S/C18H25N3O3/c1-3-12(2)17(21-15(22)10-6-7-11-16(23)24)18-19-13-8-4-5-9-14(13)20-18/h4-5,8-9,12,17H,3,6-7,10-11H2,1-2H3,(H,19,20)(H,21,22)(H,23,24). The molecule has 1 aromatic heterocycles. The summed E-state index contributed by atoms with van der Waals surface area (Å²) in [5, 5.41) is 11.7. The predicted molar refractivity (Wildman–Crippen MR) is 92.5 cm³/mol. The Balaban J connectivity index is 2.03. The lowest BCUT2D eigenvalue weighted by molar-refractivity contribution is -0.137. The van der Waals surface area contributed by atoms with Gasteiger partial charge in [-0.15, -0.1) is 0 Å². The average molecular weight is 331 g/mol. The molecule has 0 saturated heterocycles. The Hall–Kier alpha value is -2.37. The third kappa shape index (κ3) is 4.81. The zero-order chi connectivity index (χ0) is 17.5. The second-order valence-corrected chi connectivity index (χ2v) is 6.17. The van der Waals surface area contributed by atoms with Gasteiger partial charge in [0.15, 0.2) is 0 Å². The number of nitrogens with zero attached hydrogens (tertiary/aromatic N) is 1. The molecule has 2 rings (SSSR count). The molecule has 3 N–H and O–H groups in total. The van der Waals surface area contributed by atoms with Crippen molar-refractivity contribution in [2.75, 3.05) is 0 Å². The highest BCUT2D eigenvalue weighted by Crippen LogP contribution is 2.24. The molecule has 0 aliphatic rings. The lowest BCUT2D eigenvalue weighted by Crippen LogP contribution is -2.33. The Kier molecular flexibility index (Phi) is 6.35. The van der Waals surface area contributed by atoms with Crippen molar-refractivity contribution in [1.82, 2.24) is 15.3 Å². The lowest BCUT2D eigenvalue weighted by atomic mass is 9.98. The van der Waals surface area contributed by atoms with Gasteiger partial charge in [0.2, 0.25) is 5.91 Å². The van der Waals surface area contributed by atoms with Gasteiger partial charge in [0, 0.05) is 12.8 Å². The normalized spacial score (nSPS) is 13.6. The van der Waals surface area contributed by atoms with Gasteiger partial charge in [-0.05, 0) is 30.9 Å². The van der Waals surface area contributed by atoms with E-state index >= 15 is 0 Å². The SMILES string of the molecule is CCC(C)C(NC(=O)CCCCC(=O)O)c1nc2ccccc2[nH]1. The molecule has 6 heteroatoms. The number of hydrogen-bond acceptors (Lipinski definition) is 3. The van der Waals surface area contributed by atoms with Crippen molar-refractivity contribution in [1.29, 1.82) is 0 Å². The van der Waals surface area contributed by atoms with Crippen LogP contribution in [0.25, 0.3) is 11.0 Å². The summed E-state index contributed by atoms with van der Waals surface area (Å²) in [5.74, 6) is 0.124. The van der Waals surface area contributed by atoms with Crippen LogP contribution in [0.1, 0.15) is 57.8 Å². The number of carboxylic acids is 1. The average Bonchev–Trinajstić information content (AvgIpc) is 2.99. The molecule has 0 radical (unpaired) electrons. The first kappa shape index (κ1) is 18.0. The summed E-state index contributed by atoms with van der Waals surface area (Å²) in [5.41, 5.74) is 1.84. The maximum absolute atomic E-state index is 12.2. The van der Waals surface area contributed by atoms with Gasteiger partial charge in [-0.2, -0.15) is 0 Å². The molecule has 2 aromatic rings. The smallest absolute Gasteiger partial charge is 0.303 e. The number of para-hydroxylation sites is 2. The van der Waals surface area contributed by atoms with Crippen molar-refractivity contribution in [3.63, 3.8) is 0 Å². The quantitative estimate of drug-likeness (QED) is 0.614. The summed E-state index contributed by atoms with van der Waals surface area (Å²) in [6.45, 7) is 4.17. The molecule has 0 saturated carbocycles. The number of aromatic nitrogens is 2. The van der Waals surface area contributed by atoms with Gasteiger partial charge in [0.05, 0.1) is 17.1 Å². The number of carbonyl (C=O) groups is 2. The van der Waals surface area contributed by atoms with E-state index < -0.39 is 5.97 Å². The van der Waals surface area contributed by atoms with Crippen molar-refractivity contribution >= 4 is 22.9 Å². The zero-order valence-electron chi connectivity index (χ0n) is 14.2. The number of aliphatic carboxylic acids is 1. The van der Waals surface area contributed by atoms with Crippen LogP contribution in [-0.2, 0) is 9.59 Å². The van der Waals surface area contributed by atoms with Crippen LogP contribution in [0.5, 0.6) is 0 Å². The maximum atomic E-state index is 12.2. The van der Waals surface area contributed by atoms with E-state index in [1.54, 1.807) is 0 Å². The molecule has 2 atom stereocenters. The number of benzene rings is 1. The summed E-state index contributed by atoms with van der Waals surface area (Å²) >= 11 is 0. The third-order valence-corrected chi connectivity index (χ3v) is 4.28. The van der Waals surface area contributed by atoms with E-state index in [9.17, 15) is 9.59 Å². The van der Waals surface area contributed by atoms with Gasteiger partial charge < -0.3 is 15.4 Å². The van der Waals surface area contributed by atoms with Crippen LogP contribution >= 0.6 is 0 Å². The number of imidazole rings is 1. The summed E-state index contributed by atoms with van der Waals surface area (Å²) in [6.07, 6.45) is 2.44. The van der Waals surface area contributed by atoms with Gasteiger partial charge in [-0.3, -0.25) is 9.59 Å². The van der Waals surface area contributed by atoms with Crippen LogP contribution in [0.3, 0.4) is 0 Å². The Bertz CT molecular complexity index is 663. The second kappa shape index (κ2) is 8.47. The van der Waals surface area contributed by atoms with Gasteiger partial charge in [0.1, 0.15) is 5.82 Å². The first-order valence-corrected chi connectivity index (χ1v) is 8.47. The van der Waals surface area contributed by atoms with Gasteiger partial charge >= 0.3 is 5.97 Å². The van der Waals surface area contributed by atoms with Crippen molar-refractivity contribution in [2.24, 2.45) is 5.92 Å². The molecule has 0 spiro atoms. The molecule has 0 aliphatic heterocycles. The summed E-state index contributed by atoms with van der Waals surface area (Å²) in [4.78, 5) is 30.6. The number of fused-ring (bicyclic) bond motifs is 1. The van der Waals surface area contributed by atoms with E-state index in [-0.39, 0.29) is 24.3 Å². The van der Waals surface area contributed by atoms with E-state index in [2.05, 4.69) is 29.1 Å². The molecule has 6 nitrogen and oxygen atoms in total. The number of carboxylic acid groups (broad SMARTS) is 1. The Morgan fingerprint density at radius 1 is 1.25 bits per heavy atom. The third-order valence-electron chi connectivity index (χ3n) is 4.28. The molecule has 0 fully saturated rings. The fourth-order valence-corrected chi connectivity index (χ4v) is 2.64. The Labute approximate surface area is 141 Å². The minimum Gasteiger partial charge on any atom is -0.481 e. The Morgan fingerprint density at radius 2 is 1.96 bits per heavy atom. The van der Waals surface area contributed by atoms with Crippen LogP contribution in [0.15, 0.2) is 24.3 Å². The van der Waals surface area contributed by atoms with Crippen molar-refractivity contribution in [3.05, 3.63) is 30.1 Å². The summed E-state index contributed by atoms with van der Waals surface area (Å²) in [7, 11) is 0. The number of carbonyl (C=O) groups excluding carboxylic acids is 1. The molecule has 0 aliphatic carbocycles. The summed E-state index contributed by atoms with van der Waals surface area (Å²) in [6, 6.07) is 7.62. The molecule has 1 heterocycles. The fraction of sp³-hybridized carbons (Fsp3) is 0.500. The molecule has 24 heavy (non-hydrogen) atoms. The number of aromatic amines is 1. The predicted octanol–water partition coefficient (Wildman–Crippen LogP) is 3.41. The van der Waals surface area contributed by atoms with Gasteiger partial charge in [0.25, 0.3) is 0 Å². The number of H-pyrrole nitrogens is 1. The molecule has 0 bridgehead atoms. The molecule has 1 amide bonds. The first-order chi connectivity index (χ1) is 11.5. The highest BCUT2D eigenvalue weighted by molar-refractivity contribution is 5.77. The van der Waals surface area contributed by atoms with Crippen LogP contribution < -0.4 is 5.32 Å². The zero-order valence-corrected chi connectivity index (χ0v) is 14.2. The van der Waals surface area contributed by atoms with Crippen molar-refractivity contribution in [2.45, 2.75) is 52.0 Å². The Morgan fingerprint density at radius 3 is 2.62 bits per heavy atom. The minimum atomic E-state index is -0.824. The lowest BCUT2D eigenvalue weighted by Gasteiger charge is -2.22. The second-order valence-electron chi connectivity index (χ2n) is 6.17. The maximum Gasteiger partial charge on any atom is 0.303 e. The number of amides is 1. The van der Waals surface area contributed by atoms with E-state index in [0.29, 0.717) is 19.3 Å². The van der Waals surface area contributed by atoms with Crippen LogP contribution in [0, 0.1) is 5.92 Å². The number of nitrogens with one attached hydrogen (secondary N) is 2. The van der Waals surface area contributed by atoms with Crippen LogP contribution in [0.2, 0.25) is 0 Å². The van der Waals surface area contributed by atoms with E-state index in [1.165, 1.54) is 0 Å². The van der Waals surface area contributed by atoms with Crippen LogP contribution in [0.4, 0.5) is 0 Å². The van der Waals surface area contributed by atoms with E-state index in [0.717, 1.165) is 23.3 Å². The van der Waals surface area contributed by atoms with Crippen LogP contribution in [-0.4, -0.2) is 27.0 Å². The first-order valence-electron chi connectivity index (χ1n) is 8.47. The minimum absolute atomic E-state index is 0.0638. The van der Waals surface area contributed by atoms with Crippen molar-refractivity contribution < 1.29 is 14.7 Å². The molecular formula is C18H25N3O3. The molecule has 130 valence electrons. The number of unbranched alkanes of at least 4 members (excludes halogenated alkanes) is 1. The highest BCUT2D eigenvalue weighted by atomic mass is 16.4. The molecule has 2 unspecified atom stereocenters. The van der Waals surface area contributed by atoms with Gasteiger partial charge in [-0.25, -0.2) is 4.98 Å². The van der Waals surface area contributed by atoms with E-state index in [4.69, 9.17) is 5.11 Å². The highest BCUT2D eigenvalue weighted by Gasteiger charge is 2.23. The summed E-state index contributed by atoms with van der Waals surface area (Å²) < 4.78 is 0. The number of hydrogen-bond donors (Lipinski definition) is 3.